The third-order valence-corrected chi connectivity index (χ3v) is 4.76. The molecule has 154 valence electrons. The minimum Gasteiger partial charge on any atom is -0.503 e. The maximum atomic E-state index is 13.0. The van der Waals surface area contributed by atoms with Gasteiger partial charge in [0, 0.05) is 20.3 Å². The van der Waals surface area contributed by atoms with Crippen LogP contribution in [0.1, 0.15) is 28.6 Å². The number of rotatable bonds is 9. The lowest BCUT2D eigenvalue weighted by Crippen LogP contribution is -2.32. The number of hydrogen-bond acceptors (Lipinski definition) is 7. The molecule has 0 aliphatic carbocycles. The lowest BCUT2D eigenvalue weighted by Gasteiger charge is -2.27. The fraction of sp³-hybridized carbons (Fsp3) is 0.333. The van der Waals surface area contributed by atoms with Gasteiger partial charge < -0.3 is 28.6 Å². The van der Waals surface area contributed by atoms with Crippen molar-refractivity contribution in [2.75, 3.05) is 34.5 Å². The molecule has 0 bridgehead atoms. The number of furan rings is 1. The van der Waals surface area contributed by atoms with Gasteiger partial charge in [-0.25, -0.2) is 0 Å². The number of nitrogens with zero attached hydrogens (tertiary/aromatic N) is 1. The van der Waals surface area contributed by atoms with Crippen LogP contribution in [0.15, 0.2) is 52.3 Å². The quantitative estimate of drug-likeness (QED) is 0.509. The molecule has 0 radical (unpaired) electrons. The number of methoxy groups -OCH3 is 3. The molecule has 1 aliphatic rings. The van der Waals surface area contributed by atoms with E-state index in [2.05, 4.69) is 0 Å². The van der Waals surface area contributed by atoms with E-state index in [9.17, 15) is 14.7 Å². The number of carbonyl (C=O) groups excluding carboxylic acids is 2. The van der Waals surface area contributed by atoms with E-state index in [1.807, 2.05) is 0 Å². The monoisotopic (exact) mass is 401 g/mol. The van der Waals surface area contributed by atoms with Crippen LogP contribution < -0.4 is 9.47 Å². The highest BCUT2D eigenvalue weighted by Gasteiger charge is 2.44. The maximum Gasteiger partial charge on any atom is 0.290 e. The zero-order chi connectivity index (χ0) is 21.0. The first-order valence-electron chi connectivity index (χ1n) is 9.06. The Labute approximate surface area is 168 Å². The van der Waals surface area contributed by atoms with E-state index >= 15 is 0 Å². The van der Waals surface area contributed by atoms with Crippen molar-refractivity contribution in [3.05, 3.63) is 59.3 Å². The molecule has 0 saturated carbocycles. The first-order valence-corrected chi connectivity index (χ1v) is 9.06. The molecule has 0 fully saturated rings. The van der Waals surface area contributed by atoms with Crippen LogP contribution in [0.3, 0.4) is 0 Å². The first kappa shape index (κ1) is 20.5. The Hall–Kier alpha value is -3.26. The summed E-state index contributed by atoms with van der Waals surface area (Å²) in [6.07, 6.45) is 1.91. The summed E-state index contributed by atoms with van der Waals surface area (Å²) in [5.41, 5.74) is 0.571. The standard InChI is InChI=1S/C21H23NO7/c1-26-10-5-9-22-18(13-7-8-14(27-2)16(12-13)28-3)17(20(24)21(22)25)19(23)15-6-4-11-29-15/h4,6-8,11-12,18,24H,5,9-10H2,1-3H3/t18-/m0/s1. The number of aliphatic hydroxyl groups excluding tert-OH is 1. The minimum absolute atomic E-state index is 0.0328. The van der Waals surface area contributed by atoms with Crippen molar-refractivity contribution in [2.45, 2.75) is 12.5 Å². The molecule has 2 aromatic rings. The largest absolute Gasteiger partial charge is 0.503 e. The van der Waals surface area contributed by atoms with E-state index in [0.29, 0.717) is 36.6 Å². The average molecular weight is 401 g/mol. The Bertz CT molecular complexity index is 917. The summed E-state index contributed by atoms with van der Waals surface area (Å²) in [6.45, 7) is 0.731. The van der Waals surface area contributed by atoms with Crippen molar-refractivity contribution in [1.29, 1.82) is 0 Å². The summed E-state index contributed by atoms with van der Waals surface area (Å²) in [7, 11) is 4.59. The smallest absolute Gasteiger partial charge is 0.290 e. The van der Waals surface area contributed by atoms with Crippen molar-refractivity contribution in [3.63, 3.8) is 0 Å². The summed E-state index contributed by atoms with van der Waals surface area (Å²) in [5, 5.41) is 10.6. The fourth-order valence-electron chi connectivity index (χ4n) is 3.41. The van der Waals surface area contributed by atoms with E-state index < -0.39 is 23.5 Å². The van der Waals surface area contributed by atoms with E-state index in [1.54, 1.807) is 31.4 Å². The first-order chi connectivity index (χ1) is 14.0. The van der Waals surface area contributed by atoms with Gasteiger partial charge in [-0.1, -0.05) is 6.07 Å². The van der Waals surface area contributed by atoms with Crippen LogP contribution in [0.2, 0.25) is 0 Å². The molecule has 8 nitrogen and oxygen atoms in total. The van der Waals surface area contributed by atoms with E-state index in [0.717, 1.165) is 0 Å². The molecule has 3 rings (SSSR count). The molecule has 8 heteroatoms. The van der Waals surface area contributed by atoms with Gasteiger partial charge in [0.05, 0.1) is 32.1 Å². The van der Waals surface area contributed by atoms with Gasteiger partial charge >= 0.3 is 0 Å². The number of benzene rings is 1. The maximum absolute atomic E-state index is 13.0. The van der Waals surface area contributed by atoms with Crippen molar-refractivity contribution in [2.24, 2.45) is 0 Å². The molecule has 0 unspecified atom stereocenters. The van der Waals surface area contributed by atoms with Crippen LogP contribution in [0.5, 0.6) is 11.5 Å². The molecule has 2 heterocycles. The number of aliphatic hydroxyl groups is 1. The molecule has 1 N–H and O–H groups in total. The van der Waals surface area contributed by atoms with E-state index in [4.69, 9.17) is 18.6 Å². The van der Waals surface area contributed by atoms with Crippen LogP contribution in [0, 0.1) is 0 Å². The SMILES string of the molecule is COCCCN1C(=O)C(O)=C(C(=O)c2ccco2)[C@@H]1c1ccc(OC)c(OC)c1. The third kappa shape index (κ3) is 3.84. The predicted molar refractivity (Wildman–Crippen MR) is 103 cm³/mol. The molecule has 1 aromatic heterocycles. The van der Waals surface area contributed by atoms with Crippen LogP contribution in [0.4, 0.5) is 0 Å². The van der Waals surface area contributed by atoms with Crippen molar-refractivity contribution in [1.82, 2.24) is 4.90 Å². The molecule has 0 spiro atoms. The lowest BCUT2D eigenvalue weighted by molar-refractivity contribution is -0.129. The molecule has 29 heavy (non-hydrogen) atoms. The third-order valence-electron chi connectivity index (χ3n) is 4.76. The van der Waals surface area contributed by atoms with Gasteiger partial charge in [-0.15, -0.1) is 0 Å². The summed E-state index contributed by atoms with van der Waals surface area (Å²) >= 11 is 0. The van der Waals surface area contributed by atoms with E-state index in [-0.39, 0.29) is 11.3 Å². The Morgan fingerprint density at radius 2 is 1.93 bits per heavy atom. The summed E-state index contributed by atoms with van der Waals surface area (Å²) in [5.74, 6) is -0.734. The van der Waals surface area contributed by atoms with Crippen molar-refractivity contribution in [3.8, 4) is 11.5 Å². The molecule has 0 saturated heterocycles. The molecule has 1 atom stereocenters. The van der Waals surface area contributed by atoms with Crippen LogP contribution >= 0.6 is 0 Å². The van der Waals surface area contributed by atoms with Gasteiger partial charge in [0.25, 0.3) is 5.91 Å². The normalized spacial score (nSPS) is 16.4. The summed E-state index contributed by atoms with van der Waals surface area (Å²) < 4.78 is 20.9. The van der Waals surface area contributed by atoms with Gasteiger partial charge in [-0.05, 0) is 36.2 Å². The fourth-order valence-corrected chi connectivity index (χ4v) is 3.41. The van der Waals surface area contributed by atoms with Gasteiger partial charge in [0.2, 0.25) is 5.78 Å². The van der Waals surface area contributed by atoms with Crippen LogP contribution in [0.25, 0.3) is 0 Å². The number of hydrogen-bond donors (Lipinski definition) is 1. The number of ether oxygens (including phenoxy) is 3. The van der Waals surface area contributed by atoms with Crippen molar-refractivity contribution < 1.29 is 33.3 Å². The van der Waals surface area contributed by atoms with Gasteiger partial charge in [0.15, 0.2) is 23.0 Å². The second-order valence-corrected chi connectivity index (χ2v) is 6.43. The van der Waals surface area contributed by atoms with E-state index in [1.165, 1.54) is 31.4 Å². The van der Waals surface area contributed by atoms with Crippen molar-refractivity contribution >= 4 is 11.7 Å². The Morgan fingerprint density at radius 1 is 1.17 bits per heavy atom. The number of amides is 1. The zero-order valence-corrected chi connectivity index (χ0v) is 16.5. The summed E-state index contributed by atoms with van der Waals surface area (Å²) in [4.78, 5) is 27.3. The Balaban J connectivity index is 2.07. The molecular formula is C21H23NO7. The highest BCUT2D eigenvalue weighted by atomic mass is 16.5. The predicted octanol–water partition coefficient (Wildman–Crippen LogP) is 2.91. The molecule has 1 aliphatic heterocycles. The number of ketones is 1. The number of carbonyl (C=O) groups is 2. The minimum atomic E-state index is -0.795. The molecule has 1 aromatic carbocycles. The van der Waals surface area contributed by atoms with Gasteiger partial charge in [-0.3, -0.25) is 9.59 Å². The highest BCUT2D eigenvalue weighted by Crippen LogP contribution is 2.41. The van der Waals surface area contributed by atoms with Gasteiger partial charge in [-0.2, -0.15) is 0 Å². The lowest BCUT2D eigenvalue weighted by atomic mass is 9.94. The average Bonchev–Trinajstić information content (AvgIpc) is 3.36. The number of Topliss-reactive ketones (excluding diaryl/α,β-unsaturated/α-hetero) is 1. The highest BCUT2D eigenvalue weighted by molar-refractivity contribution is 6.15. The zero-order valence-electron chi connectivity index (χ0n) is 16.5. The van der Waals surface area contributed by atoms with Gasteiger partial charge in [0.1, 0.15) is 0 Å². The summed E-state index contributed by atoms with van der Waals surface area (Å²) in [6, 6.07) is 7.38. The second-order valence-electron chi connectivity index (χ2n) is 6.43. The molecule has 1 amide bonds. The molecular weight excluding hydrogens is 378 g/mol. The Morgan fingerprint density at radius 3 is 2.55 bits per heavy atom. The Kier molecular flexibility index (Phi) is 6.23. The second kappa shape index (κ2) is 8.83. The topological polar surface area (TPSA) is 98.4 Å². The van der Waals surface area contributed by atoms with Crippen LogP contribution in [-0.4, -0.2) is 56.2 Å². The van der Waals surface area contributed by atoms with Crippen LogP contribution in [-0.2, 0) is 9.53 Å².